The summed E-state index contributed by atoms with van der Waals surface area (Å²) in [6, 6.07) is 0. The predicted octanol–water partition coefficient (Wildman–Crippen LogP) is 2.47. The molecule has 5 heteroatoms. The van der Waals surface area contributed by atoms with Gasteiger partial charge in [0.05, 0.1) is 6.61 Å². The van der Waals surface area contributed by atoms with Gasteiger partial charge in [-0.25, -0.2) is 4.98 Å². The van der Waals surface area contributed by atoms with Crippen LogP contribution < -0.4 is 5.73 Å². The topological polar surface area (TPSA) is 73.9 Å². The maximum Gasteiger partial charge on any atom is 0.223 e. The lowest BCUT2D eigenvalue weighted by atomic mass is 9.99. The Balaban J connectivity index is 2.06. The minimum Gasteiger partial charge on any atom is -0.381 e. The van der Waals surface area contributed by atoms with Crippen molar-refractivity contribution < 1.29 is 4.74 Å². The van der Waals surface area contributed by atoms with E-state index in [0.29, 0.717) is 24.9 Å². The zero-order chi connectivity index (χ0) is 13.5. The first kappa shape index (κ1) is 14.2. The van der Waals surface area contributed by atoms with Gasteiger partial charge in [0.15, 0.2) is 0 Å². The lowest BCUT2D eigenvalue weighted by Gasteiger charge is -2.13. The van der Waals surface area contributed by atoms with E-state index in [1.165, 1.54) is 38.5 Å². The van der Waals surface area contributed by atoms with Gasteiger partial charge >= 0.3 is 0 Å². The van der Waals surface area contributed by atoms with E-state index < -0.39 is 0 Å². The van der Waals surface area contributed by atoms with Crippen molar-refractivity contribution in [1.29, 1.82) is 0 Å². The fraction of sp³-hybridized carbons (Fsp3) is 0.786. The summed E-state index contributed by atoms with van der Waals surface area (Å²) in [5.41, 5.74) is 5.81. The van der Waals surface area contributed by atoms with Crippen molar-refractivity contribution in [1.82, 2.24) is 15.0 Å². The van der Waals surface area contributed by atoms with E-state index in [-0.39, 0.29) is 0 Å². The van der Waals surface area contributed by atoms with E-state index in [0.717, 1.165) is 18.3 Å². The molecule has 5 nitrogen and oxygen atoms in total. The number of nitrogens with zero attached hydrogens (tertiary/aromatic N) is 3. The van der Waals surface area contributed by atoms with Gasteiger partial charge < -0.3 is 10.5 Å². The second-order valence-electron chi connectivity index (χ2n) is 5.10. The summed E-state index contributed by atoms with van der Waals surface area (Å²) in [5.74, 6) is 2.46. The largest absolute Gasteiger partial charge is 0.381 e. The summed E-state index contributed by atoms with van der Waals surface area (Å²) in [6.07, 6.45) is 8.25. The molecule has 0 atom stereocenters. The van der Waals surface area contributed by atoms with Gasteiger partial charge in [-0.1, -0.05) is 25.7 Å². The minimum atomic E-state index is 0.348. The molecular weight excluding hydrogens is 240 g/mol. The van der Waals surface area contributed by atoms with E-state index >= 15 is 0 Å². The highest BCUT2D eigenvalue weighted by molar-refractivity contribution is 5.17. The van der Waals surface area contributed by atoms with Crippen molar-refractivity contribution in [2.24, 2.45) is 0 Å². The average Bonchev–Trinajstić information content (AvgIpc) is 2.67. The second-order valence-corrected chi connectivity index (χ2v) is 5.10. The molecule has 0 radical (unpaired) electrons. The van der Waals surface area contributed by atoms with Crippen LogP contribution in [-0.2, 0) is 11.2 Å². The molecule has 1 aromatic heterocycles. The third-order valence-corrected chi connectivity index (χ3v) is 3.61. The van der Waals surface area contributed by atoms with Crippen LogP contribution in [0.15, 0.2) is 0 Å². The van der Waals surface area contributed by atoms with Gasteiger partial charge in [0.25, 0.3) is 0 Å². The van der Waals surface area contributed by atoms with Crippen molar-refractivity contribution in [3.05, 3.63) is 11.6 Å². The molecule has 0 unspecified atom stereocenters. The lowest BCUT2D eigenvalue weighted by Crippen LogP contribution is -2.12. The van der Waals surface area contributed by atoms with Crippen molar-refractivity contribution in [3.8, 4) is 0 Å². The molecule has 0 spiro atoms. The third-order valence-electron chi connectivity index (χ3n) is 3.61. The number of anilines is 1. The van der Waals surface area contributed by atoms with Crippen LogP contribution in [0.2, 0.25) is 0 Å². The number of rotatable bonds is 5. The summed E-state index contributed by atoms with van der Waals surface area (Å²) >= 11 is 0. The first-order valence-corrected chi connectivity index (χ1v) is 7.37. The van der Waals surface area contributed by atoms with E-state index in [1.807, 2.05) is 6.92 Å². The van der Waals surface area contributed by atoms with Crippen LogP contribution in [-0.4, -0.2) is 28.2 Å². The fourth-order valence-corrected chi connectivity index (χ4v) is 2.60. The molecule has 0 aromatic carbocycles. The van der Waals surface area contributed by atoms with Crippen molar-refractivity contribution >= 4 is 5.95 Å². The first-order valence-electron chi connectivity index (χ1n) is 7.37. The second kappa shape index (κ2) is 7.38. The SMILES string of the molecule is CCOCCc1nc(N)nc(C2CCCCCC2)n1. The van der Waals surface area contributed by atoms with Gasteiger partial charge in [0, 0.05) is 18.9 Å². The van der Waals surface area contributed by atoms with Crippen LogP contribution in [0, 0.1) is 0 Å². The zero-order valence-corrected chi connectivity index (χ0v) is 11.8. The smallest absolute Gasteiger partial charge is 0.223 e. The molecular formula is C14H24N4O. The normalized spacial score (nSPS) is 17.3. The zero-order valence-electron chi connectivity index (χ0n) is 11.8. The van der Waals surface area contributed by atoms with Crippen LogP contribution in [0.1, 0.15) is 63.0 Å². The quantitative estimate of drug-likeness (QED) is 0.653. The van der Waals surface area contributed by atoms with Crippen LogP contribution in [0.4, 0.5) is 5.95 Å². The fourth-order valence-electron chi connectivity index (χ4n) is 2.60. The summed E-state index contributed by atoms with van der Waals surface area (Å²) in [7, 11) is 0. The highest BCUT2D eigenvalue weighted by Gasteiger charge is 2.18. The third kappa shape index (κ3) is 4.42. The molecule has 1 fully saturated rings. The molecule has 19 heavy (non-hydrogen) atoms. The summed E-state index contributed by atoms with van der Waals surface area (Å²) in [6.45, 7) is 3.35. The monoisotopic (exact) mass is 264 g/mol. The predicted molar refractivity (Wildman–Crippen MR) is 74.9 cm³/mol. The summed E-state index contributed by atoms with van der Waals surface area (Å²) in [5, 5.41) is 0. The molecule has 1 aromatic rings. The Kier molecular flexibility index (Phi) is 5.51. The number of hydrogen-bond donors (Lipinski definition) is 1. The Morgan fingerprint density at radius 1 is 1.11 bits per heavy atom. The number of hydrogen-bond acceptors (Lipinski definition) is 5. The van der Waals surface area contributed by atoms with Gasteiger partial charge in [0.2, 0.25) is 5.95 Å². The van der Waals surface area contributed by atoms with E-state index in [1.54, 1.807) is 0 Å². The molecule has 0 aliphatic heterocycles. The molecule has 1 saturated carbocycles. The average molecular weight is 264 g/mol. The number of aromatic nitrogens is 3. The maximum atomic E-state index is 5.81. The Morgan fingerprint density at radius 2 is 1.84 bits per heavy atom. The molecule has 2 N–H and O–H groups in total. The van der Waals surface area contributed by atoms with Gasteiger partial charge in [0.1, 0.15) is 11.6 Å². The number of ether oxygens (including phenoxy) is 1. The Morgan fingerprint density at radius 3 is 2.53 bits per heavy atom. The molecule has 2 rings (SSSR count). The number of nitrogens with two attached hydrogens (primary N) is 1. The van der Waals surface area contributed by atoms with E-state index in [9.17, 15) is 0 Å². The molecule has 1 aliphatic rings. The molecule has 1 heterocycles. The maximum absolute atomic E-state index is 5.81. The standard InChI is InChI=1S/C14H24N4O/c1-2-19-10-9-12-16-13(18-14(15)17-12)11-7-5-3-4-6-8-11/h11H,2-10H2,1H3,(H2,15,16,17,18). The minimum absolute atomic E-state index is 0.348. The summed E-state index contributed by atoms with van der Waals surface area (Å²) < 4.78 is 5.34. The Labute approximate surface area is 115 Å². The van der Waals surface area contributed by atoms with Crippen LogP contribution >= 0.6 is 0 Å². The lowest BCUT2D eigenvalue weighted by molar-refractivity contribution is 0.149. The molecule has 0 amide bonds. The molecule has 0 saturated heterocycles. The first-order chi connectivity index (χ1) is 9.29. The highest BCUT2D eigenvalue weighted by Crippen LogP contribution is 2.29. The summed E-state index contributed by atoms with van der Waals surface area (Å²) in [4.78, 5) is 13.1. The van der Waals surface area contributed by atoms with Crippen LogP contribution in [0.5, 0.6) is 0 Å². The van der Waals surface area contributed by atoms with Gasteiger partial charge in [-0.15, -0.1) is 0 Å². The van der Waals surface area contributed by atoms with Crippen LogP contribution in [0.3, 0.4) is 0 Å². The van der Waals surface area contributed by atoms with Gasteiger partial charge in [-0.05, 0) is 19.8 Å². The molecule has 1 aliphatic carbocycles. The Bertz CT molecular complexity index is 389. The van der Waals surface area contributed by atoms with Crippen molar-refractivity contribution in [3.63, 3.8) is 0 Å². The van der Waals surface area contributed by atoms with E-state index in [4.69, 9.17) is 10.5 Å². The molecule has 106 valence electrons. The Hall–Kier alpha value is -1.23. The number of nitrogen functional groups attached to an aromatic ring is 1. The van der Waals surface area contributed by atoms with E-state index in [2.05, 4.69) is 15.0 Å². The van der Waals surface area contributed by atoms with Crippen LogP contribution in [0.25, 0.3) is 0 Å². The van der Waals surface area contributed by atoms with Crippen molar-refractivity contribution in [2.45, 2.75) is 57.8 Å². The van der Waals surface area contributed by atoms with Gasteiger partial charge in [-0.3, -0.25) is 0 Å². The van der Waals surface area contributed by atoms with Crippen molar-refractivity contribution in [2.75, 3.05) is 18.9 Å². The highest BCUT2D eigenvalue weighted by atomic mass is 16.5. The van der Waals surface area contributed by atoms with Gasteiger partial charge in [-0.2, -0.15) is 9.97 Å². The molecule has 0 bridgehead atoms.